The van der Waals surface area contributed by atoms with Crippen LogP contribution >= 0.6 is 0 Å². The van der Waals surface area contributed by atoms with E-state index < -0.39 is 0 Å². The Morgan fingerprint density at radius 2 is 2.09 bits per heavy atom. The number of piperazine rings is 1. The average molecular weight is 316 g/mol. The first-order valence-electron chi connectivity index (χ1n) is 7.99. The van der Waals surface area contributed by atoms with Crippen LogP contribution in [0.15, 0.2) is 24.3 Å². The average Bonchev–Trinajstić information content (AvgIpc) is 2.93. The van der Waals surface area contributed by atoms with Gasteiger partial charge in [0.2, 0.25) is 0 Å². The molecule has 4 N–H and O–H groups in total. The highest BCUT2D eigenvalue weighted by atomic mass is 16.7. The number of nitriles is 1. The lowest BCUT2D eigenvalue weighted by Crippen LogP contribution is -2.59. The van der Waals surface area contributed by atoms with E-state index in [9.17, 15) is 0 Å². The third kappa shape index (κ3) is 3.87. The Hall–Kier alpha value is -1.53. The zero-order chi connectivity index (χ0) is 16.2. The highest BCUT2D eigenvalue weighted by Crippen LogP contribution is 2.24. The van der Waals surface area contributed by atoms with Gasteiger partial charge in [0.25, 0.3) is 0 Å². The third-order valence-corrected chi connectivity index (χ3v) is 4.47. The molecule has 0 aromatic heterocycles. The van der Waals surface area contributed by atoms with Crippen molar-refractivity contribution in [2.45, 2.75) is 38.1 Å². The van der Waals surface area contributed by atoms with E-state index in [0.29, 0.717) is 6.54 Å². The molecule has 124 valence electrons. The van der Waals surface area contributed by atoms with E-state index in [2.05, 4.69) is 56.7 Å². The summed E-state index contributed by atoms with van der Waals surface area (Å²) in [6, 6.07) is 10.7. The van der Waals surface area contributed by atoms with E-state index >= 15 is 0 Å². The van der Waals surface area contributed by atoms with Gasteiger partial charge in [-0.1, -0.05) is 24.3 Å². The highest BCUT2D eigenvalue weighted by Gasteiger charge is 2.29. The van der Waals surface area contributed by atoms with Gasteiger partial charge in [0.05, 0.1) is 12.2 Å². The third-order valence-electron chi connectivity index (χ3n) is 4.47. The molecule has 0 aliphatic carbocycles. The first-order chi connectivity index (χ1) is 11.2. The molecule has 2 aliphatic heterocycles. The Morgan fingerprint density at radius 3 is 2.65 bits per heavy atom. The predicted octanol–water partition coefficient (Wildman–Crippen LogP) is -0.00152. The number of nitrogens with one attached hydrogen (secondary N) is 4. The minimum atomic E-state index is -0.0900. The molecule has 2 aliphatic rings. The van der Waals surface area contributed by atoms with Gasteiger partial charge in [-0.25, -0.2) is 0 Å². The summed E-state index contributed by atoms with van der Waals surface area (Å²) >= 11 is 0. The molecule has 1 aromatic rings. The van der Waals surface area contributed by atoms with E-state index in [4.69, 9.17) is 10.1 Å². The van der Waals surface area contributed by atoms with Gasteiger partial charge in [-0.05, 0) is 25.1 Å². The Balaban J connectivity index is 1.49. The van der Waals surface area contributed by atoms with Crippen LogP contribution in [-0.2, 0) is 11.4 Å². The molecule has 23 heavy (non-hydrogen) atoms. The van der Waals surface area contributed by atoms with Crippen LogP contribution in [0.3, 0.4) is 0 Å². The second kappa shape index (κ2) is 7.36. The van der Waals surface area contributed by atoms with Gasteiger partial charge in [-0.2, -0.15) is 10.7 Å². The minimum absolute atomic E-state index is 0.0726. The van der Waals surface area contributed by atoms with Gasteiger partial charge in [0.1, 0.15) is 18.4 Å². The molecule has 0 bridgehead atoms. The van der Waals surface area contributed by atoms with Crippen molar-refractivity contribution in [2.75, 3.05) is 20.1 Å². The molecule has 4 atom stereocenters. The molecule has 0 saturated carbocycles. The Kier molecular flexibility index (Phi) is 5.23. The molecule has 0 amide bonds. The van der Waals surface area contributed by atoms with E-state index in [1.54, 1.807) is 0 Å². The molecule has 2 saturated heterocycles. The normalized spacial score (nSPS) is 31.9. The van der Waals surface area contributed by atoms with E-state index in [0.717, 1.165) is 13.1 Å². The maximum Gasteiger partial charge on any atom is 0.130 e. The van der Waals surface area contributed by atoms with Crippen LogP contribution in [-0.4, -0.2) is 43.5 Å². The summed E-state index contributed by atoms with van der Waals surface area (Å²) < 4.78 is 0. The predicted molar refractivity (Wildman–Crippen MR) is 86.7 cm³/mol. The summed E-state index contributed by atoms with van der Waals surface area (Å²) in [4.78, 5) is 7.58. The SMILES string of the molecule is CC1ONC(c2ccc(CNC3CNC(C#N)CN3)cc2)N1C. The summed E-state index contributed by atoms with van der Waals surface area (Å²) in [5.41, 5.74) is 5.47. The molecule has 0 radical (unpaired) electrons. The summed E-state index contributed by atoms with van der Waals surface area (Å²) in [7, 11) is 2.04. The van der Waals surface area contributed by atoms with Crippen molar-refractivity contribution in [3.8, 4) is 6.07 Å². The maximum absolute atomic E-state index is 8.85. The van der Waals surface area contributed by atoms with Gasteiger partial charge >= 0.3 is 0 Å². The zero-order valence-corrected chi connectivity index (χ0v) is 13.5. The van der Waals surface area contributed by atoms with Crippen molar-refractivity contribution in [3.05, 3.63) is 35.4 Å². The smallest absolute Gasteiger partial charge is 0.130 e. The highest BCUT2D eigenvalue weighted by molar-refractivity contribution is 5.25. The molecule has 4 unspecified atom stereocenters. The van der Waals surface area contributed by atoms with Crippen LogP contribution < -0.4 is 21.4 Å². The van der Waals surface area contributed by atoms with Crippen LogP contribution in [0.5, 0.6) is 0 Å². The zero-order valence-electron chi connectivity index (χ0n) is 13.5. The van der Waals surface area contributed by atoms with Gasteiger partial charge in [-0.3, -0.25) is 25.7 Å². The van der Waals surface area contributed by atoms with Crippen molar-refractivity contribution in [1.82, 2.24) is 26.3 Å². The standard InChI is InChI=1S/C16H24N6O/c1-11-22(2)16(21-23-11)13-5-3-12(4-6-13)8-19-15-10-18-14(7-17)9-20-15/h3-6,11,14-16,18-21H,8-10H2,1-2H3. The molecule has 0 spiro atoms. The Labute approximate surface area is 136 Å². The van der Waals surface area contributed by atoms with Gasteiger partial charge < -0.3 is 0 Å². The molecular formula is C16H24N6O. The Morgan fingerprint density at radius 1 is 1.30 bits per heavy atom. The van der Waals surface area contributed by atoms with Crippen molar-refractivity contribution in [2.24, 2.45) is 0 Å². The van der Waals surface area contributed by atoms with E-state index in [1.807, 2.05) is 14.0 Å². The first-order valence-corrected chi connectivity index (χ1v) is 7.99. The molecule has 1 aromatic carbocycles. The molecule has 2 fully saturated rings. The van der Waals surface area contributed by atoms with Gasteiger partial charge in [0, 0.05) is 19.6 Å². The number of hydrogen-bond acceptors (Lipinski definition) is 7. The quantitative estimate of drug-likeness (QED) is 0.622. The van der Waals surface area contributed by atoms with Crippen LogP contribution in [0.25, 0.3) is 0 Å². The molecule has 7 nitrogen and oxygen atoms in total. The second-order valence-electron chi connectivity index (χ2n) is 6.08. The fourth-order valence-corrected chi connectivity index (χ4v) is 2.80. The lowest BCUT2D eigenvalue weighted by Gasteiger charge is -2.28. The van der Waals surface area contributed by atoms with Crippen molar-refractivity contribution < 1.29 is 4.84 Å². The summed E-state index contributed by atoms with van der Waals surface area (Å²) in [6.07, 6.45) is 0.360. The van der Waals surface area contributed by atoms with Crippen molar-refractivity contribution in [1.29, 1.82) is 5.26 Å². The fraction of sp³-hybridized carbons (Fsp3) is 0.562. The first kappa shape index (κ1) is 16.3. The lowest BCUT2D eigenvalue weighted by molar-refractivity contribution is 0.0104. The fourth-order valence-electron chi connectivity index (χ4n) is 2.80. The number of nitrogens with zero attached hydrogens (tertiary/aromatic N) is 2. The van der Waals surface area contributed by atoms with Crippen LogP contribution in [0.4, 0.5) is 0 Å². The van der Waals surface area contributed by atoms with Gasteiger partial charge in [-0.15, -0.1) is 0 Å². The van der Waals surface area contributed by atoms with Crippen LogP contribution in [0.1, 0.15) is 24.2 Å². The van der Waals surface area contributed by atoms with Crippen LogP contribution in [0, 0.1) is 11.3 Å². The van der Waals surface area contributed by atoms with E-state index in [-0.39, 0.29) is 24.6 Å². The number of rotatable bonds is 4. The van der Waals surface area contributed by atoms with Crippen molar-refractivity contribution >= 4 is 0 Å². The van der Waals surface area contributed by atoms with Crippen LogP contribution in [0.2, 0.25) is 0 Å². The number of benzene rings is 1. The lowest BCUT2D eigenvalue weighted by atomic mass is 10.1. The minimum Gasteiger partial charge on any atom is -0.298 e. The Bertz CT molecular complexity index is 549. The van der Waals surface area contributed by atoms with Crippen molar-refractivity contribution in [3.63, 3.8) is 0 Å². The largest absolute Gasteiger partial charge is 0.298 e. The second-order valence-corrected chi connectivity index (χ2v) is 6.08. The topological polar surface area (TPSA) is 84.4 Å². The molecular weight excluding hydrogens is 292 g/mol. The molecule has 7 heteroatoms. The summed E-state index contributed by atoms with van der Waals surface area (Å²) in [5.74, 6) is 0. The van der Waals surface area contributed by atoms with E-state index in [1.165, 1.54) is 11.1 Å². The summed E-state index contributed by atoms with van der Waals surface area (Å²) in [6.45, 7) is 4.23. The molecule has 3 rings (SSSR count). The monoisotopic (exact) mass is 316 g/mol. The number of hydroxylamine groups is 1. The number of hydrogen-bond donors (Lipinski definition) is 4. The molecule has 2 heterocycles. The van der Waals surface area contributed by atoms with Gasteiger partial charge in [0.15, 0.2) is 0 Å². The summed E-state index contributed by atoms with van der Waals surface area (Å²) in [5, 5.41) is 18.8. The maximum atomic E-state index is 8.85.